The fourth-order valence-electron chi connectivity index (χ4n) is 3.08. The molecular formula is C19H18N4. The number of nitrogens with zero attached hydrogens (tertiary/aromatic N) is 1. The van der Waals surface area contributed by atoms with Gasteiger partial charge in [-0.15, -0.1) is 0 Å². The van der Waals surface area contributed by atoms with Crippen molar-refractivity contribution in [3.8, 4) is 11.3 Å². The highest BCUT2D eigenvalue weighted by molar-refractivity contribution is 5.84. The summed E-state index contributed by atoms with van der Waals surface area (Å²) < 4.78 is 0. The molecule has 4 rings (SSSR count). The molecule has 2 aromatic carbocycles. The minimum atomic E-state index is 0.0936. The maximum absolute atomic E-state index is 6.07. The van der Waals surface area contributed by atoms with Crippen LogP contribution in [0.25, 0.3) is 22.2 Å². The lowest BCUT2D eigenvalue weighted by atomic mass is 9.95. The van der Waals surface area contributed by atoms with Crippen molar-refractivity contribution in [3.63, 3.8) is 0 Å². The van der Waals surface area contributed by atoms with Gasteiger partial charge in [-0.2, -0.15) is 5.10 Å². The molecule has 23 heavy (non-hydrogen) atoms. The number of aromatic nitrogens is 3. The number of nitrogens with two attached hydrogens (primary N) is 1. The SMILES string of the molecule is NCC(c1cc(-c2ccccc2)n[nH]1)c1c[nH]c2ccccc12. The number of nitrogens with one attached hydrogen (secondary N) is 2. The molecule has 0 saturated carbocycles. The number of benzene rings is 2. The topological polar surface area (TPSA) is 70.5 Å². The molecule has 4 aromatic rings. The Balaban J connectivity index is 1.75. The molecule has 0 saturated heterocycles. The van der Waals surface area contributed by atoms with Gasteiger partial charge in [0.05, 0.1) is 5.69 Å². The zero-order valence-electron chi connectivity index (χ0n) is 12.7. The van der Waals surface area contributed by atoms with Crippen LogP contribution in [-0.4, -0.2) is 21.7 Å². The molecule has 1 atom stereocenters. The lowest BCUT2D eigenvalue weighted by molar-refractivity contribution is 0.785. The quantitative estimate of drug-likeness (QED) is 0.538. The summed E-state index contributed by atoms with van der Waals surface area (Å²) >= 11 is 0. The second kappa shape index (κ2) is 5.74. The van der Waals surface area contributed by atoms with E-state index in [4.69, 9.17) is 5.73 Å². The van der Waals surface area contributed by atoms with Crippen molar-refractivity contribution in [3.05, 3.63) is 78.1 Å². The van der Waals surface area contributed by atoms with Crippen LogP contribution >= 0.6 is 0 Å². The highest BCUT2D eigenvalue weighted by atomic mass is 15.1. The molecule has 1 unspecified atom stereocenters. The number of fused-ring (bicyclic) bond motifs is 1. The third-order valence-corrected chi connectivity index (χ3v) is 4.28. The van der Waals surface area contributed by atoms with Crippen molar-refractivity contribution >= 4 is 10.9 Å². The van der Waals surface area contributed by atoms with Crippen molar-refractivity contribution < 1.29 is 0 Å². The first kappa shape index (κ1) is 13.8. The minimum Gasteiger partial charge on any atom is -0.361 e. The second-order valence-corrected chi connectivity index (χ2v) is 5.65. The minimum absolute atomic E-state index is 0.0936. The van der Waals surface area contributed by atoms with Gasteiger partial charge in [0.2, 0.25) is 0 Å². The summed E-state index contributed by atoms with van der Waals surface area (Å²) in [6, 6.07) is 20.5. The third kappa shape index (κ3) is 2.43. The summed E-state index contributed by atoms with van der Waals surface area (Å²) in [7, 11) is 0. The van der Waals surface area contributed by atoms with E-state index >= 15 is 0 Å². The average molecular weight is 302 g/mol. The smallest absolute Gasteiger partial charge is 0.0923 e. The van der Waals surface area contributed by atoms with Gasteiger partial charge in [0.15, 0.2) is 0 Å². The fourth-order valence-corrected chi connectivity index (χ4v) is 3.08. The molecule has 4 N–H and O–H groups in total. The molecule has 114 valence electrons. The van der Waals surface area contributed by atoms with Crippen LogP contribution in [0.15, 0.2) is 66.9 Å². The van der Waals surface area contributed by atoms with E-state index in [0.29, 0.717) is 6.54 Å². The molecule has 4 nitrogen and oxygen atoms in total. The van der Waals surface area contributed by atoms with Crippen LogP contribution in [0.3, 0.4) is 0 Å². The van der Waals surface area contributed by atoms with E-state index in [-0.39, 0.29) is 5.92 Å². The van der Waals surface area contributed by atoms with Gasteiger partial charge in [-0.3, -0.25) is 5.10 Å². The van der Waals surface area contributed by atoms with Gasteiger partial charge in [0.25, 0.3) is 0 Å². The van der Waals surface area contributed by atoms with Gasteiger partial charge in [0, 0.05) is 40.8 Å². The summed E-state index contributed by atoms with van der Waals surface area (Å²) in [5.41, 5.74) is 11.5. The fraction of sp³-hybridized carbons (Fsp3) is 0.105. The molecule has 0 fully saturated rings. The molecule has 0 aliphatic heterocycles. The summed E-state index contributed by atoms with van der Waals surface area (Å²) in [5, 5.41) is 8.83. The lowest BCUT2D eigenvalue weighted by Crippen LogP contribution is -2.14. The Morgan fingerprint density at radius 1 is 1.00 bits per heavy atom. The van der Waals surface area contributed by atoms with Crippen molar-refractivity contribution in [2.24, 2.45) is 5.73 Å². The Bertz CT molecular complexity index is 921. The zero-order valence-corrected chi connectivity index (χ0v) is 12.7. The van der Waals surface area contributed by atoms with E-state index in [2.05, 4.69) is 51.6 Å². The highest BCUT2D eigenvalue weighted by Gasteiger charge is 2.19. The van der Waals surface area contributed by atoms with Crippen LogP contribution in [0.1, 0.15) is 17.2 Å². The van der Waals surface area contributed by atoms with E-state index in [9.17, 15) is 0 Å². The van der Waals surface area contributed by atoms with Gasteiger partial charge >= 0.3 is 0 Å². The number of hydrogen-bond acceptors (Lipinski definition) is 2. The van der Waals surface area contributed by atoms with Crippen LogP contribution in [0, 0.1) is 0 Å². The van der Waals surface area contributed by atoms with E-state index in [1.807, 2.05) is 30.5 Å². The van der Waals surface area contributed by atoms with E-state index in [1.54, 1.807) is 0 Å². The van der Waals surface area contributed by atoms with Crippen LogP contribution in [0.2, 0.25) is 0 Å². The number of H-pyrrole nitrogens is 2. The van der Waals surface area contributed by atoms with Crippen molar-refractivity contribution in [1.29, 1.82) is 0 Å². The van der Waals surface area contributed by atoms with Gasteiger partial charge in [-0.25, -0.2) is 0 Å². The Kier molecular flexibility index (Phi) is 3.44. The van der Waals surface area contributed by atoms with Crippen LogP contribution in [0.4, 0.5) is 0 Å². The maximum Gasteiger partial charge on any atom is 0.0923 e. The third-order valence-electron chi connectivity index (χ3n) is 4.28. The van der Waals surface area contributed by atoms with E-state index < -0.39 is 0 Å². The van der Waals surface area contributed by atoms with Gasteiger partial charge in [-0.05, 0) is 17.7 Å². The Labute approximate surface area is 134 Å². The molecule has 0 aliphatic rings. The van der Waals surface area contributed by atoms with Crippen LogP contribution in [-0.2, 0) is 0 Å². The normalized spacial score (nSPS) is 12.6. The summed E-state index contributed by atoms with van der Waals surface area (Å²) in [6.45, 7) is 0.526. The maximum atomic E-state index is 6.07. The van der Waals surface area contributed by atoms with Crippen LogP contribution in [0.5, 0.6) is 0 Å². The second-order valence-electron chi connectivity index (χ2n) is 5.65. The summed E-state index contributed by atoms with van der Waals surface area (Å²) in [4.78, 5) is 3.32. The first-order valence-corrected chi connectivity index (χ1v) is 7.73. The molecule has 0 spiro atoms. The highest BCUT2D eigenvalue weighted by Crippen LogP contribution is 2.30. The number of para-hydroxylation sites is 1. The van der Waals surface area contributed by atoms with Gasteiger partial charge in [-0.1, -0.05) is 48.5 Å². The zero-order chi connectivity index (χ0) is 15.6. The Morgan fingerprint density at radius 2 is 1.78 bits per heavy atom. The Morgan fingerprint density at radius 3 is 2.61 bits per heavy atom. The largest absolute Gasteiger partial charge is 0.361 e. The predicted molar refractivity (Wildman–Crippen MR) is 93.2 cm³/mol. The lowest BCUT2D eigenvalue weighted by Gasteiger charge is -2.11. The first-order chi connectivity index (χ1) is 11.4. The van der Waals surface area contributed by atoms with Crippen LogP contribution < -0.4 is 5.73 Å². The van der Waals surface area contributed by atoms with Crippen molar-refractivity contribution in [2.75, 3.05) is 6.54 Å². The number of rotatable bonds is 4. The molecule has 0 radical (unpaired) electrons. The molecule has 0 aliphatic carbocycles. The number of hydrogen-bond donors (Lipinski definition) is 3. The van der Waals surface area contributed by atoms with Crippen molar-refractivity contribution in [1.82, 2.24) is 15.2 Å². The van der Waals surface area contributed by atoms with Gasteiger partial charge < -0.3 is 10.7 Å². The molecule has 0 amide bonds. The summed E-state index contributed by atoms with van der Waals surface area (Å²) in [6.07, 6.45) is 2.05. The Hall–Kier alpha value is -2.85. The number of aromatic amines is 2. The molecule has 4 heteroatoms. The van der Waals surface area contributed by atoms with E-state index in [1.165, 1.54) is 10.9 Å². The first-order valence-electron chi connectivity index (χ1n) is 7.73. The standard InChI is InChI=1S/C19H18N4/c20-11-15(16-12-21-17-9-5-4-8-14(16)17)19-10-18(22-23-19)13-6-2-1-3-7-13/h1-10,12,15,21H,11,20H2,(H,22,23). The van der Waals surface area contributed by atoms with E-state index in [0.717, 1.165) is 22.5 Å². The monoisotopic (exact) mass is 302 g/mol. The predicted octanol–water partition coefficient (Wildman–Crippen LogP) is 3.65. The molecule has 0 bridgehead atoms. The molecule has 2 aromatic heterocycles. The molecule has 2 heterocycles. The average Bonchev–Trinajstić information content (AvgIpc) is 3.25. The molecular weight excluding hydrogens is 284 g/mol. The van der Waals surface area contributed by atoms with Crippen molar-refractivity contribution in [2.45, 2.75) is 5.92 Å². The summed E-state index contributed by atoms with van der Waals surface area (Å²) in [5.74, 6) is 0.0936. The van der Waals surface area contributed by atoms with Gasteiger partial charge in [0.1, 0.15) is 0 Å².